The van der Waals surface area contributed by atoms with Crippen molar-refractivity contribution in [2.24, 2.45) is 0 Å². The van der Waals surface area contributed by atoms with Crippen molar-refractivity contribution >= 4 is 23.1 Å². The third kappa shape index (κ3) is 2.99. The molecule has 124 valence electrons. The van der Waals surface area contributed by atoms with Crippen LogP contribution < -0.4 is 11.1 Å². The molecule has 0 saturated carbocycles. The predicted octanol–water partition coefficient (Wildman–Crippen LogP) is 4.25. The third-order valence-corrected chi connectivity index (χ3v) is 5.46. The molecule has 1 atom stereocenters. The van der Waals surface area contributed by atoms with Crippen molar-refractivity contribution in [2.45, 2.75) is 45.3 Å². The van der Waals surface area contributed by atoms with E-state index in [4.69, 9.17) is 5.73 Å². The van der Waals surface area contributed by atoms with Gasteiger partial charge in [0.1, 0.15) is 11.4 Å². The molecule has 1 aliphatic rings. The molecule has 4 nitrogen and oxygen atoms in total. The summed E-state index contributed by atoms with van der Waals surface area (Å²) in [5.41, 5.74) is 6.86. The van der Waals surface area contributed by atoms with Gasteiger partial charge in [0.2, 0.25) is 5.95 Å². The van der Waals surface area contributed by atoms with Crippen LogP contribution in [-0.2, 0) is 12.6 Å². The SMILES string of the molecule is Cc1sc2c(c1C)C(Nc1nc(N)ncc1C(F)(F)F)CCC2. The maximum atomic E-state index is 13.2. The van der Waals surface area contributed by atoms with Crippen LogP contribution in [0.3, 0.4) is 0 Å². The van der Waals surface area contributed by atoms with Crippen molar-refractivity contribution in [1.29, 1.82) is 0 Å². The minimum atomic E-state index is -4.52. The third-order valence-electron chi connectivity index (χ3n) is 4.18. The van der Waals surface area contributed by atoms with Crippen LogP contribution >= 0.6 is 11.3 Å². The van der Waals surface area contributed by atoms with Crippen molar-refractivity contribution < 1.29 is 13.2 Å². The molecule has 2 aromatic rings. The number of halogens is 3. The summed E-state index contributed by atoms with van der Waals surface area (Å²) in [6.45, 7) is 4.06. The molecule has 0 amide bonds. The van der Waals surface area contributed by atoms with Gasteiger partial charge >= 0.3 is 6.18 Å². The monoisotopic (exact) mass is 342 g/mol. The molecule has 2 heterocycles. The normalized spacial score (nSPS) is 17.9. The number of thiophene rings is 1. The minimum absolute atomic E-state index is 0.172. The molecule has 3 N–H and O–H groups in total. The van der Waals surface area contributed by atoms with E-state index in [-0.39, 0.29) is 17.8 Å². The highest BCUT2D eigenvalue weighted by molar-refractivity contribution is 7.12. The topological polar surface area (TPSA) is 63.8 Å². The van der Waals surface area contributed by atoms with Crippen molar-refractivity contribution in [1.82, 2.24) is 9.97 Å². The molecule has 0 bridgehead atoms. The summed E-state index contributed by atoms with van der Waals surface area (Å²) in [6.07, 6.45) is -1.10. The number of hydrogen-bond donors (Lipinski definition) is 2. The van der Waals surface area contributed by atoms with E-state index < -0.39 is 11.7 Å². The van der Waals surface area contributed by atoms with Crippen LogP contribution in [0.15, 0.2) is 6.20 Å². The number of hydrogen-bond acceptors (Lipinski definition) is 5. The molecular weight excluding hydrogens is 325 g/mol. The summed E-state index contributed by atoms with van der Waals surface area (Å²) in [5, 5.41) is 2.96. The molecule has 2 aromatic heterocycles. The molecule has 0 fully saturated rings. The number of fused-ring (bicyclic) bond motifs is 1. The van der Waals surface area contributed by atoms with Gasteiger partial charge in [-0.05, 0) is 44.2 Å². The van der Waals surface area contributed by atoms with Gasteiger partial charge in [-0.15, -0.1) is 11.3 Å². The standard InChI is InChI=1S/C15H17F3N4S/c1-7-8(2)23-11-5-3-4-10(12(7)11)21-13-9(15(16,17)18)6-20-14(19)22-13/h6,10H,3-5H2,1-2H3,(H3,19,20,21,22). The summed E-state index contributed by atoms with van der Waals surface area (Å²) < 4.78 is 39.5. The Morgan fingerprint density at radius 3 is 2.78 bits per heavy atom. The predicted molar refractivity (Wildman–Crippen MR) is 84.5 cm³/mol. The number of nitrogens with zero attached hydrogens (tertiary/aromatic N) is 2. The van der Waals surface area contributed by atoms with E-state index in [2.05, 4.69) is 15.3 Å². The van der Waals surface area contributed by atoms with Crippen LogP contribution in [0.1, 0.15) is 45.3 Å². The highest BCUT2D eigenvalue weighted by Crippen LogP contribution is 2.42. The van der Waals surface area contributed by atoms with Gasteiger partial charge in [-0.2, -0.15) is 18.2 Å². The quantitative estimate of drug-likeness (QED) is 0.856. The summed E-state index contributed by atoms with van der Waals surface area (Å²) in [4.78, 5) is 9.72. The first kappa shape index (κ1) is 16.0. The Bertz CT molecular complexity index is 739. The fraction of sp³-hybridized carbons (Fsp3) is 0.467. The Kier molecular flexibility index (Phi) is 3.95. The molecular formula is C15H17F3N4S. The Balaban J connectivity index is 2.00. The van der Waals surface area contributed by atoms with Gasteiger partial charge < -0.3 is 11.1 Å². The second-order valence-electron chi connectivity index (χ2n) is 5.70. The van der Waals surface area contributed by atoms with Crippen molar-refractivity contribution in [2.75, 3.05) is 11.1 Å². The molecule has 0 spiro atoms. The van der Waals surface area contributed by atoms with E-state index >= 15 is 0 Å². The molecule has 3 rings (SSSR count). The van der Waals surface area contributed by atoms with Gasteiger partial charge in [-0.25, -0.2) is 4.98 Å². The fourth-order valence-corrected chi connectivity index (χ4v) is 4.27. The molecule has 0 aliphatic heterocycles. The Labute approximate surface area is 136 Å². The molecule has 0 saturated heterocycles. The largest absolute Gasteiger partial charge is 0.421 e. The summed E-state index contributed by atoms with van der Waals surface area (Å²) in [6, 6.07) is -0.181. The summed E-state index contributed by atoms with van der Waals surface area (Å²) in [7, 11) is 0. The number of anilines is 2. The highest BCUT2D eigenvalue weighted by Gasteiger charge is 2.36. The number of nitrogens with two attached hydrogens (primary N) is 1. The number of nitrogens with one attached hydrogen (secondary N) is 1. The zero-order valence-corrected chi connectivity index (χ0v) is 13.6. The lowest BCUT2D eigenvalue weighted by Gasteiger charge is -2.26. The maximum absolute atomic E-state index is 13.2. The van der Waals surface area contributed by atoms with E-state index in [9.17, 15) is 13.2 Å². The Morgan fingerprint density at radius 1 is 1.35 bits per heavy atom. The molecule has 8 heteroatoms. The Hall–Kier alpha value is -1.83. The fourth-order valence-electron chi connectivity index (χ4n) is 2.99. The first-order chi connectivity index (χ1) is 10.8. The van der Waals surface area contributed by atoms with Crippen LogP contribution in [0.25, 0.3) is 0 Å². The molecule has 23 heavy (non-hydrogen) atoms. The van der Waals surface area contributed by atoms with Crippen LogP contribution in [0.4, 0.5) is 24.9 Å². The number of aromatic nitrogens is 2. The smallest absolute Gasteiger partial charge is 0.368 e. The van der Waals surface area contributed by atoms with E-state index in [1.54, 1.807) is 11.3 Å². The van der Waals surface area contributed by atoms with Gasteiger partial charge in [0.25, 0.3) is 0 Å². The zero-order chi connectivity index (χ0) is 16.8. The van der Waals surface area contributed by atoms with Crippen molar-refractivity contribution in [3.63, 3.8) is 0 Å². The van der Waals surface area contributed by atoms with E-state index in [0.717, 1.165) is 36.6 Å². The van der Waals surface area contributed by atoms with Crippen LogP contribution in [0, 0.1) is 13.8 Å². The summed E-state index contributed by atoms with van der Waals surface area (Å²) >= 11 is 1.72. The van der Waals surface area contributed by atoms with E-state index in [1.165, 1.54) is 9.75 Å². The van der Waals surface area contributed by atoms with Crippen LogP contribution in [0.2, 0.25) is 0 Å². The molecule has 1 aliphatic carbocycles. The number of alkyl halides is 3. The van der Waals surface area contributed by atoms with Gasteiger partial charge in [0, 0.05) is 16.0 Å². The van der Waals surface area contributed by atoms with Crippen LogP contribution in [0.5, 0.6) is 0 Å². The van der Waals surface area contributed by atoms with Crippen molar-refractivity contribution in [3.8, 4) is 0 Å². The number of aryl methyl sites for hydroxylation is 2. The van der Waals surface area contributed by atoms with E-state index in [0.29, 0.717) is 0 Å². The average Bonchev–Trinajstić information content (AvgIpc) is 2.74. The molecule has 0 radical (unpaired) electrons. The summed E-state index contributed by atoms with van der Waals surface area (Å²) in [5.74, 6) is -0.416. The minimum Gasteiger partial charge on any atom is -0.368 e. The van der Waals surface area contributed by atoms with Crippen molar-refractivity contribution in [3.05, 3.63) is 32.6 Å². The number of nitrogen functional groups attached to an aromatic ring is 1. The van der Waals surface area contributed by atoms with Gasteiger partial charge in [0.05, 0.1) is 6.04 Å². The molecule has 1 unspecified atom stereocenters. The second kappa shape index (κ2) is 5.67. The first-order valence-corrected chi connectivity index (χ1v) is 8.14. The van der Waals surface area contributed by atoms with E-state index in [1.807, 2.05) is 13.8 Å². The first-order valence-electron chi connectivity index (χ1n) is 7.32. The van der Waals surface area contributed by atoms with Gasteiger partial charge in [0.15, 0.2) is 0 Å². The Morgan fingerprint density at radius 2 is 2.09 bits per heavy atom. The lowest BCUT2D eigenvalue weighted by Crippen LogP contribution is -2.21. The highest BCUT2D eigenvalue weighted by atomic mass is 32.1. The maximum Gasteiger partial charge on any atom is 0.421 e. The van der Waals surface area contributed by atoms with Crippen LogP contribution in [-0.4, -0.2) is 9.97 Å². The molecule has 0 aromatic carbocycles. The number of rotatable bonds is 2. The van der Waals surface area contributed by atoms with Gasteiger partial charge in [-0.3, -0.25) is 0 Å². The second-order valence-corrected chi connectivity index (χ2v) is 7.01. The zero-order valence-electron chi connectivity index (χ0n) is 12.8. The van der Waals surface area contributed by atoms with Gasteiger partial charge in [-0.1, -0.05) is 0 Å². The lowest BCUT2D eigenvalue weighted by molar-refractivity contribution is -0.137. The average molecular weight is 342 g/mol. The lowest BCUT2D eigenvalue weighted by atomic mass is 9.90.